The van der Waals surface area contributed by atoms with E-state index >= 15 is 0 Å². The molecule has 1 aromatic heterocycles. The standard InChI is InChI=1S/C10H13ClN4/c1-3-5-12-9-7-8(11)14-10(15-9)13-6-4-2/h2,7H,3,5-6H2,1H3,(H2,12,13,14,15). The lowest BCUT2D eigenvalue weighted by Crippen LogP contribution is -2.07. The maximum absolute atomic E-state index is 5.83. The quantitative estimate of drug-likeness (QED) is 0.593. The third-order valence-corrected chi connectivity index (χ3v) is 1.79. The molecule has 0 aliphatic heterocycles. The number of halogens is 1. The molecule has 0 aliphatic rings. The number of hydrogen-bond donors (Lipinski definition) is 2. The number of terminal acetylenes is 1. The van der Waals surface area contributed by atoms with Crippen molar-refractivity contribution in [2.24, 2.45) is 0 Å². The largest absolute Gasteiger partial charge is 0.370 e. The molecule has 4 nitrogen and oxygen atoms in total. The monoisotopic (exact) mass is 224 g/mol. The van der Waals surface area contributed by atoms with E-state index in [1.54, 1.807) is 6.07 Å². The highest BCUT2D eigenvalue weighted by Crippen LogP contribution is 2.13. The topological polar surface area (TPSA) is 49.8 Å². The predicted octanol–water partition coefficient (Wildman–Crippen LogP) is 2.00. The SMILES string of the molecule is C#CCNc1nc(Cl)cc(NCCC)n1. The highest BCUT2D eigenvalue weighted by Gasteiger charge is 2.01. The van der Waals surface area contributed by atoms with Gasteiger partial charge < -0.3 is 10.6 Å². The van der Waals surface area contributed by atoms with E-state index in [9.17, 15) is 0 Å². The Hall–Kier alpha value is -1.47. The number of aromatic nitrogens is 2. The van der Waals surface area contributed by atoms with Crippen LogP contribution < -0.4 is 10.6 Å². The molecule has 1 aromatic rings. The molecular formula is C10H13ClN4. The molecule has 0 atom stereocenters. The van der Waals surface area contributed by atoms with Gasteiger partial charge in [-0.05, 0) is 6.42 Å². The van der Waals surface area contributed by atoms with E-state index in [0.717, 1.165) is 13.0 Å². The number of hydrogen-bond acceptors (Lipinski definition) is 4. The van der Waals surface area contributed by atoms with Crippen molar-refractivity contribution in [3.05, 3.63) is 11.2 Å². The number of rotatable bonds is 5. The molecule has 80 valence electrons. The van der Waals surface area contributed by atoms with Crippen LogP contribution in [-0.4, -0.2) is 23.1 Å². The van der Waals surface area contributed by atoms with Gasteiger partial charge in [0, 0.05) is 12.6 Å². The summed E-state index contributed by atoms with van der Waals surface area (Å²) in [5, 5.41) is 6.39. The second kappa shape index (κ2) is 6.10. The number of nitrogens with one attached hydrogen (secondary N) is 2. The maximum Gasteiger partial charge on any atom is 0.226 e. The molecule has 0 aliphatic carbocycles. The maximum atomic E-state index is 5.83. The van der Waals surface area contributed by atoms with Crippen LogP contribution in [0.4, 0.5) is 11.8 Å². The van der Waals surface area contributed by atoms with Crippen molar-refractivity contribution in [1.29, 1.82) is 0 Å². The van der Waals surface area contributed by atoms with E-state index < -0.39 is 0 Å². The van der Waals surface area contributed by atoms with Gasteiger partial charge in [-0.1, -0.05) is 24.4 Å². The Balaban J connectivity index is 2.71. The second-order valence-corrected chi connectivity index (χ2v) is 3.27. The number of anilines is 2. The first-order valence-corrected chi connectivity index (χ1v) is 5.10. The second-order valence-electron chi connectivity index (χ2n) is 2.88. The molecule has 0 radical (unpaired) electrons. The summed E-state index contributed by atoms with van der Waals surface area (Å²) in [6.45, 7) is 3.31. The van der Waals surface area contributed by atoms with Crippen LogP contribution in [0, 0.1) is 12.3 Å². The average molecular weight is 225 g/mol. The summed E-state index contributed by atoms with van der Waals surface area (Å²) < 4.78 is 0. The van der Waals surface area contributed by atoms with E-state index in [1.165, 1.54) is 0 Å². The van der Waals surface area contributed by atoms with E-state index in [4.69, 9.17) is 18.0 Å². The fourth-order valence-electron chi connectivity index (χ4n) is 0.970. The van der Waals surface area contributed by atoms with Gasteiger partial charge in [0.1, 0.15) is 11.0 Å². The molecule has 2 N–H and O–H groups in total. The van der Waals surface area contributed by atoms with Gasteiger partial charge in [-0.2, -0.15) is 4.98 Å². The van der Waals surface area contributed by atoms with Gasteiger partial charge in [-0.15, -0.1) is 6.42 Å². The fourth-order valence-corrected chi connectivity index (χ4v) is 1.15. The molecule has 0 saturated carbocycles. The fraction of sp³-hybridized carbons (Fsp3) is 0.400. The molecule has 5 heteroatoms. The van der Waals surface area contributed by atoms with E-state index in [0.29, 0.717) is 23.5 Å². The third kappa shape index (κ3) is 4.05. The summed E-state index contributed by atoms with van der Waals surface area (Å²) in [5.41, 5.74) is 0. The predicted molar refractivity (Wildman–Crippen MR) is 63.1 cm³/mol. The molecule has 1 rings (SSSR count). The lowest BCUT2D eigenvalue weighted by molar-refractivity contribution is 0.964. The van der Waals surface area contributed by atoms with Gasteiger partial charge in [-0.25, -0.2) is 4.98 Å². The Kier molecular flexibility index (Phi) is 4.72. The average Bonchev–Trinajstić information content (AvgIpc) is 2.23. The normalized spacial score (nSPS) is 9.40. The highest BCUT2D eigenvalue weighted by molar-refractivity contribution is 6.29. The minimum Gasteiger partial charge on any atom is -0.370 e. The van der Waals surface area contributed by atoms with Gasteiger partial charge in [0.25, 0.3) is 0 Å². The Morgan fingerprint density at radius 3 is 2.93 bits per heavy atom. The van der Waals surface area contributed by atoms with E-state index in [-0.39, 0.29) is 0 Å². The van der Waals surface area contributed by atoms with Crippen molar-refractivity contribution in [3.63, 3.8) is 0 Å². The van der Waals surface area contributed by atoms with Gasteiger partial charge in [0.2, 0.25) is 5.95 Å². The van der Waals surface area contributed by atoms with Crippen LogP contribution >= 0.6 is 11.6 Å². The van der Waals surface area contributed by atoms with Gasteiger partial charge >= 0.3 is 0 Å². The van der Waals surface area contributed by atoms with Crippen LogP contribution in [0.1, 0.15) is 13.3 Å². The Labute approximate surface area is 94.5 Å². The molecule has 15 heavy (non-hydrogen) atoms. The third-order valence-electron chi connectivity index (χ3n) is 1.60. The summed E-state index contributed by atoms with van der Waals surface area (Å²) in [5.74, 6) is 3.59. The zero-order valence-electron chi connectivity index (χ0n) is 8.55. The Morgan fingerprint density at radius 2 is 2.27 bits per heavy atom. The lowest BCUT2D eigenvalue weighted by atomic mass is 10.4. The van der Waals surface area contributed by atoms with Crippen LogP contribution in [0.25, 0.3) is 0 Å². The van der Waals surface area contributed by atoms with Crippen LogP contribution in [0.3, 0.4) is 0 Å². The molecule has 0 unspecified atom stereocenters. The van der Waals surface area contributed by atoms with Crippen LogP contribution in [-0.2, 0) is 0 Å². The summed E-state index contributed by atoms with van der Waals surface area (Å²) in [6, 6.07) is 1.68. The summed E-state index contributed by atoms with van der Waals surface area (Å²) in [6.07, 6.45) is 6.14. The molecule has 0 fully saturated rings. The summed E-state index contributed by atoms with van der Waals surface area (Å²) in [7, 11) is 0. The summed E-state index contributed by atoms with van der Waals surface area (Å²) >= 11 is 5.83. The minimum absolute atomic E-state index is 0.383. The number of nitrogens with zero attached hydrogens (tertiary/aromatic N) is 2. The van der Waals surface area contributed by atoms with Crippen molar-refractivity contribution in [2.45, 2.75) is 13.3 Å². The van der Waals surface area contributed by atoms with Crippen LogP contribution in [0.2, 0.25) is 5.15 Å². The first kappa shape index (κ1) is 11.6. The van der Waals surface area contributed by atoms with Crippen molar-refractivity contribution >= 4 is 23.4 Å². The van der Waals surface area contributed by atoms with E-state index in [1.807, 2.05) is 0 Å². The minimum atomic E-state index is 0.383. The van der Waals surface area contributed by atoms with Crippen molar-refractivity contribution < 1.29 is 0 Å². The van der Waals surface area contributed by atoms with Crippen molar-refractivity contribution in [1.82, 2.24) is 9.97 Å². The van der Waals surface area contributed by atoms with Gasteiger partial charge in [0.15, 0.2) is 0 Å². The van der Waals surface area contributed by atoms with E-state index in [2.05, 4.69) is 33.4 Å². The van der Waals surface area contributed by atoms with Crippen LogP contribution in [0.5, 0.6) is 0 Å². The smallest absolute Gasteiger partial charge is 0.226 e. The molecule has 1 heterocycles. The lowest BCUT2D eigenvalue weighted by Gasteiger charge is -2.06. The molecule has 0 amide bonds. The molecule has 0 spiro atoms. The van der Waals surface area contributed by atoms with Crippen molar-refractivity contribution in [2.75, 3.05) is 23.7 Å². The van der Waals surface area contributed by atoms with Gasteiger partial charge in [0.05, 0.1) is 6.54 Å². The van der Waals surface area contributed by atoms with Crippen LogP contribution in [0.15, 0.2) is 6.07 Å². The van der Waals surface area contributed by atoms with Gasteiger partial charge in [-0.3, -0.25) is 0 Å². The summed E-state index contributed by atoms with van der Waals surface area (Å²) in [4.78, 5) is 8.18. The first-order chi connectivity index (χ1) is 7.26. The Bertz CT molecular complexity index is 359. The first-order valence-electron chi connectivity index (χ1n) is 4.72. The zero-order valence-corrected chi connectivity index (χ0v) is 9.30. The zero-order chi connectivity index (χ0) is 11.1. The Morgan fingerprint density at radius 1 is 1.47 bits per heavy atom. The molecule has 0 aromatic carbocycles. The molecular weight excluding hydrogens is 212 g/mol. The molecule has 0 bridgehead atoms. The molecule has 0 saturated heterocycles. The highest BCUT2D eigenvalue weighted by atomic mass is 35.5. The van der Waals surface area contributed by atoms with Crippen molar-refractivity contribution in [3.8, 4) is 12.3 Å².